The van der Waals surface area contributed by atoms with E-state index in [9.17, 15) is 22.0 Å². The molecule has 0 aliphatic carbocycles. The standard InChI is InChI=1S/C14H11F5N2/c15-11-2-1-8(5-12(11)16)6-13(20)9-7-21-4-3-10(9)14(17,18)19/h1-5,7,13H,6,20H2. The molecule has 0 bridgehead atoms. The topological polar surface area (TPSA) is 38.9 Å². The van der Waals surface area contributed by atoms with E-state index in [2.05, 4.69) is 4.98 Å². The molecule has 2 nitrogen and oxygen atoms in total. The third kappa shape index (κ3) is 3.55. The van der Waals surface area contributed by atoms with E-state index in [-0.39, 0.29) is 12.0 Å². The molecule has 0 saturated carbocycles. The molecule has 2 rings (SSSR count). The molecule has 1 aromatic heterocycles. The molecule has 1 heterocycles. The zero-order valence-corrected chi connectivity index (χ0v) is 10.7. The van der Waals surface area contributed by atoms with Crippen molar-refractivity contribution in [3.63, 3.8) is 0 Å². The van der Waals surface area contributed by atoms with Crippen molar-refractivity contribution in [3.05, 3.63) is 65.0 Å². The van der Waals surface area contributed by atoms with Crippen LogP contribution < -0.4 is 5.73 Å². The average Bonchev–Trinajstić information content (AvgIpc) is 2.42. The smallest absolute Gasteiger partial charge is 0.324 e. The van der Waals surface area contributed by atoms with Gasteiger partial charge >= 0.3 is 6.18 Å². The number of hydrogen-bond acceptors (Lipinski definition) is 2. The Morgan fingerprint density at radius 2 is 1.81 bits per heavy atom. The van der Waals surface area contributed by atoms with Crippen LogP contribution in [0.5, 0.6) is 0 Å². The lowest BCUT2D eigenvalue weighted by molar-refractivity contribution is -0.138. The molecule has 7 heteroatoms. The zero-order valence-electron chi connectivity index (χ0n) is 10.7. The third-order valence-corrected chi connectivity index (χ3v) is 3.00. The normalized spacial score (nSPS) is 13.2. The molecule has 1 aromatic carbocycles. The Kier molecular flexibility index (Phi) is 4.22. The number of halogens is 5. The summed E-state index contributed by atoms with van der Waals surface area (Å²) < 4.78 is 64.5. The molecule has 0 saturated heterocycles. The summed E-state index contributed by atoms with van der Waals surface area (Å²) in [5.74, 6) is -2.09. The van der Waals surface area contributed by atoms with Crippen molar-refractivity contribution in [2.24, 2.45) is 5.73 Å². The Morgan fingerprint density at radius 1 is 1.10 bits per heavy atom. The van der Waals surface area contributed by atoms with E-state index in [1.807, 2.05) is 0 Å². The minimum Gasteiger partial charge on any atom is -0.324 e. The van der Waals surface area contributed by atoms with Gasteiger partial charge < -0.3 is 5.73 Å². The lowest BCUT2D eigenvalue weighted by atomic mass is 9.97. The van der Waals surface area contributed by atoms with Crippen LogP contribution in [0.4, 0.5) is 22.0 Å². The molecular weight excluding hydrogens is 291 g/mol. The van der Waals surface area contributed by atoms with Gasteiger partial charge in [0, 0.05) is 18.4 Å². The fourth-order valence-electron chi connectivity index (χ4n) is 1.99. The number of aromatic nitrogens is 1. The van der Waals surface area contributed by atoms with E-state index in [0.29, 0.717) is 5.56 Å². The van der Waals surface area contributed by atoms with Gasteiger partial charge in [-0.3, -0.25) is 4.98 Å². The second kappa shape index (κ2) is 5.77. The zero-order chi connectivity index (χ0) is 15.6. The largest absolute Gasteiger partial charge is 0.416 e. The summed E-state index contributed by atoms with van der Waals surface area (Å²) in [5.41, 5.74) is 4.99. The fraction of sp³-hybridized carbons (Fsp3) is 0.214. The van der Waals surface area contributed by atoms with Gasteiger partial charge in [-0.2, -0.15) is 13.2 Å². The highest BCUT2D eigenvalue weighted by molar-refractivity contribution is 5.31. The first-order valence-corrected chi connectivity index (χ1v) is 5.99. The summed E-state index contributed by atoms with van der Waals surface area (Å²) in [6.07, 6.45) is -2.56. The first kappa shape index (κ1) is 15.4. The molecule has 0 amide bonds. The van der Waals surface area contributed by atoms with E-state index in [4.69, 9.17) is 5.73 Å². The lowest BCUT2D eigenvalue weighted by Crippen LogP contribution is -2.19. The summed E-state index contributed by atoms with van der Waals surface area (Å²) in [5, 5.41) is 0. The van der Waals surface area contributed by atoms with E-state index < -0.39 is 29.4 Å². The number of benzene rings is 1. The molecule has 2 aromatic rings. The number of alkyl halides is 3. The first-order valence-electron chi connectivity index (χ1n) is 5.99. The number of pyridine rings is 1. The van der Waals surface area contributed by atoms with Gasteiger partial charge in [0.1, 0.15) is 0 Å². The van der Waals surface area contributed by atoms with Crippen LogP contribution in [0.2, 0.25) is 0 Å². The molecular formula is C14H11F5N2. The molecule has 0 aliphatic rings. The first-order chi connectivity index (χ1) is 9.79. The molecule has 0 radical (unpaired) electrons. The summed E-state index contributed by atoms with van der Waals surface area (Å²) in [6, 6.07) is 2.91. The van der Waals surface area contributed by atoms with E-state index in [1.165, 1.54) is 6.07 Å². The van der Waals surface area contributed by atoms with Crippen LogP contribution in [0.15, 0.2) is 36.7 Å². The van der Waals surface area contributed by atoms with Gasteiger partial charge in [-0.25, -0.2) is 8.78 Å². The Labute approximate surface area is 117 Å². The van der Waals surface area contributed by atoms with Crippen LogP contribution in [0, 0.1) is 11.6 Å². The maximum absolute atomic E-state index is 13.1. The molecule has 112 valence electrons. The average molecular weight is 302 g/mol. The lowest BCUT2D eigenvalue weighted by Gasteiger charge is -2.17. The van der Waals surface area contributed by atoms with Crippen molar-refractivity contribution in [1.82, 2.24) is 4.98 Å². The fourth-order valence-corrected chi connectivity index (χ4v) is 1.99. The van der Waals surface area contributed by atoms with Crippen LogP contribution >= 0.6 is 0 Å². The number of nitrogens with two attached hydrogens (primary N) is 1. The molecule has 0 fully saturated rings. The molecule has 0 aliphatic heterocycles. The van der Waals surface area contributed by atoms with Gasteiger partial charge in [0.25, 0.3) is 0 Å². The Hall–Kier alpha value is -2.02. The van der Waals surface area contributed by atoms with Crippen LogP contribution in [0.3, 0.4) is 0 Å². The quantitative estimate of drug-likeness (QED) is 0.880. The van der Waals surface area contributed by atoms with Gasteiger partial charge in [0.2, 0.25) is 0 Å². The highest BCUT2D eigenvalue weighted by Crippen LogP contribution is 2.34. The van der Waals surface area contributed by atoms with Gasteiger partial charge in [-0.1, -0.05) is 6.07 Å². The minimum absolute atomic E-state index is 0.0635. The molecule has 0 spiro atoms. The SMILES string of the molecule is NC(Cc1ccc(F)c(F)c1)c1cnccc1C(F)(F)F. The van der Waals surface area contributed by atoms with Crippen molar-refractivity contribution in [2.75, 3.05) is 0 Å². The highest BCUT2D eigenvalue weighted by Gasteiger charge is 2.34. The van der Waals surface area contributed by atoms with Crippen LogP contribution in [-0.4, -0.2) is 4.98 Å². The minimum atomic E-state index is -4.55. The van der Waals surface area contributed by atoms with Gasteiger partial charge in [-0.15, -0.1) is 0 Å². The van der Waals surface area contributed by atoms with E-state index >= 15 is 0 Å². The van der Waals surface area contributed by atoms with Gasteiger partial charge in [-0.05, 0) is 35.7 Å². The van der Waals surface area contributed by atoms with E-state index in [1.54, 1.807) is 0 Å². The van der Waals surface area contributed by atoms with E-state index in [0.717, 1.165) is 30.6 Å². The third-order valence-electron chi connectivity index (χ3n) is 3.00. The second-order valence-electron chi connectivity index (χ2n) is 4.52. The summed E-state index contributed by atoms with van der Waals surface area (Å²) >= 11 is 0. The Morgan fingerprint density at radius 3 is 2.43 bits per heavy atom. The van der Waals surface area contributed by atoms with Crippen molar-refractivity contribution in [3.8, 4) is 0 Å². The van der Waals surface area contributed by atoms with Crippen LogP contribution in [0.1, 0.15) is 22.7 Å². The predicted octanol–water partition coefficient (Wildman–Crippen LogP) is 3.62. The number of nitrogens with zero attached hydrogens (tertiary/aromatic N) is 1. The molecule has 1 unspecified atom stereocenters. The number of rotatable bonds is 3. The maximum Gasteiger partial charge on any atom is 0.416 e. The van der Waals surface area contributed by atoms with Crippen molar-refractivity contribution in [1.29, 1.82) is 0 Å². The Bertz CT molecular complexity index is 640. The van der Waals surface area contributed by atoms with Crippen LogP contribution in [0.25, 0.3) is 0 Å². The van der Waals surface area contributed by atoms with Crippen molar-refractivity contribution in [2.45, 2.75) is 18.6 Å². The monoisotopic (exact) mass is 302 g/mol. The van der Waals surface area contributed by atoms with Crippen molar-refractivity contribution >= 4 is 0 Å². The van der Waals surface area contributed by atoms with Gasteiger partial charge in [0.05, 0.1) is 5.56 Å². The highest BCUT2D eigenvalue weighted by atomic mass is 19.4. The molecule has 1 atom stereocenters. The molecule has 2 N–H and O–H groups in total. The second-order valence-corrected chi connectivity index (χ2v) is 4.52. The number of hydrogen-bond donors (Lipinski definition) is 1. The van der Waals surface area contributed by atoms with Crippen molar-refractivity contribution < 1.29 is 22.0 Å². The maximum atomic E-state index is 13.1. The summed E-state index contributed by atoms with van der Waals surface area (Å²) in [7, 11) is 0. The Balaban J connectivity index is 2.28. The summed E-state index contributed by atoms with van der Waals surface area (Å²) in [4.78, 5) is 3.64. The van der Waals surface area contributed by atoms with Crippen LogP contribution in [-0.2, 0) is 12.6 Å². The summed E-state index contributed by atoms with van der Waals surface area (Å²) in [6.45, 7) is 0. The van der Waals surface area contributed by atoms with Gasteiger partial charge in [0.15, 0.2) is 11.6 Å². The molecule has 21 heavy (non-hydrogen) atoms. The predicted molar refractivity (Wildman–Crippen MR) is 66.2 cm³/mol.